The van der Waals surface area contributed by atoms with Crippen LogP contribution in [-0.2, 0) is 25.7 Å². The van der Waals surface area contributed by atoms with Gasteiger partial charge in [0.2, 0.25) is 0 Å². The molecular weight excluding hydrogens is 456 g/mol. The number of hydrogen-bond donors (Lipinski definition) is 0. The molecule has 1 fully saturated rings. The van der Waals surface area contributed by atoms with Crippen LogP contribution in [0.4, 0.5) is 0 Å². The topological polar surface area (TPSA) is 0 Å². The zero-order chi connectivity index (χ0) is 25.0. The molecule has 0 atom stereocenters. The molecule has 0 saturated heterocycles. The van der Waals surface area contributed by atoms with Gasteiger partial charge in [0.25, 0.3) is 0 Å². The van der Waals surface area contributed by atoms with Crippen molar-refractivity contribution in [1.29, 1.82) is 0 Å². The lowest BCUT2D eigenvalue weighted by Crippen LogP contribution is -2.14. The highest BCUT2D eigenvalue weighted by Gasteiger charge is 2.22. The lowest BCUT2D eigenvalue weighted by molar-refractivity contribution is 0.310. The predicted octanol–water partition coefficient (Wildman–Crippen LogP) is 10.5. The van der Waals surface area contributed by atoms with Gasteiger partial charge in [-0.2, -0.15) is 0 Å². The first kappa shape index (κ1) is 27.0. The summed E-state index contributed by atoms with van der Waals surface area (Å²) in [5, 5.41) is 0.814. The first-order valence-corrected chi connectivity index (χ1v) is 15.0. The molecule has 0 radical (unpaired) electrons. The molecule has 0 unspecified atom stereocenters. The van der Waals surface area contributed by atoms with E-state index < -0.39 is 0 Å². The van der Waals surface area contributed by atoms with E-state index in [0.29, 0.717) is 0 Å². The Bertz CT molecular complexity index is 992. The molecule has 0 nitrogen and oxygen atoms in total. The molecule has 1 saturated carbocycles. The van der Waals surface area contributed by atoms with Crippen LogP contribution < -0.4 is 0 Å². The fourth-order valence-electron chi connectivity index (χ4n) is 5.86. The van der Waals surface area contributed by atoms with Crippen molar-refractivity contribution in [3.63, 3.8) is 0 Å². The molecule has 1 aliphatic carbocycles. The van der Waals surface area contributed by atoms with Crippen molar-refractivity contribution in [2.45, 2.75) is 103 Å². The van der Waals surface area contributed by atoms with E-state index in [1.165, 1.54) is 99.3 Å². The minimum Gasteiger partial charge on any atom is -0.0843 e. The first-order chi connectivity index (χ1) is 17.7. The molecule has 0 amide bonds. The fraction of sp³-hybridized carbons (Fsp3) is 0.486. The van der Waals surface area contributed by atoms with Crippen molar-refractivity contribution < 1.29 is 0 Å². The zero-order valence-corrected chi connectivity index (χ0v) is 23.1. The van der Waals surface area contributed by atoms with Crippen molar-refractivity contribution in [3.8, 4) is 0 Å². The third-order valence-corrected chi connectivity index (χ3v) is 8.60. The minimum absolute atomic E-state index is 0.778. The summed E-state index contributed by atoms with van der Waals surface area (Å²) in [6.07, 6.45) is 18.3. The van der Waals surface area contributed by atoms with Gasteiger partial charge >= 0.3 is 0 Å². The van der Waals surface area contributed by atoms with E-state index in [9.17, 15) is 0 Å². The van der Waals surface area contributed by atoms with Crippen molar-refractivity contribution in [1.82, 2.24) is 0 Å². The molecule has 3 aromatic carbocycles. The highest BCUT2D eigenvalue weighted by Crippen LogP contribution is 2.37. The Kier molecular flexibility index (Phi) is 11.0. The van der Waals surface area contributed by atoms with Gasteiger partial charge < -0.3 is 0 Å². The number of rotatable bonds is 13. The summed E-state index contributed by atoms with van der Waals surface area (Å²) in [4.78, 5) is 0. The van der Waals surface area contributed by atoms with Gasteiger partial charge in [0.1, 0.15) is 0 Å². The number of unbranched alkanes of at least 4 members (excludes halogenated alkanes) is 4. The average molecular weight is 501 g/mol. The monoisotopic (exact) mass is 500 g/mol. The second-order valence-corrected chi connectivity index (χ2v) is 11.5. The van der Waals surface area contributed by atoms with Crippen molar-refractivity contribution in [2.24, 2.45) is 5.92 Å². The van der Waals surface area contributed by atoms with E-state index in [2.05, 4.69) is 67.6 Å². The van der Waals surface area contributed by atoms with Crippen molar-refractivity contribution in [3.05, 3.63) is 106 Å². The van der Waals surface area contributed by atoms with E-state index in [1.54, 1.807) is 5.56 Å². The lowest BCUT2D eigenvalue weighted by atomic mass is 9.76. The van der Waals surface area contributed by atoms with Crippen LogP contribution in [0.5, 0.6) is 0 Å². The normalized spacial score (nSPS) is 17.8. The van der Waals surface area contributed by atoms with E-state index in [4.69, 9.17) is 11.6 Å². The predicted molar refractivity (Wildman–Crippen MR) is 157 cm³/mol. The van der Waals surface area contributed by atoms with Crippen molar-refractivity contribution >= 4 is 11.6 Å². The molecule has 0 spiro atoms. The summed E-state index contributed by atoms with van der Waals surface area (Å²) >= 11 is 6.00. The zero-order valence-electron chi connectivity index (χ0n) is 22.4. The van der Waals surface area contributed by atoms with Gasteiger partial charge in [0, 0.05) is 5.02 Å². The molecule has 0 bridgehead atoms. The third kappa shape index (κ3) is 8.81. The van der Waals surface area contributed by atoms with E-state index >= 15 is 0 Å². The van der Waals surface area contributed by atoms with Crippen LogP contribution in [0.3, 0.4) is 0 Å². The molecule has 3 aromatic rings. The second kappa shape index (κ2) is 14.6. The number of aryl methyl sites for hydroxylation is 4. The molecule has 1 heteroatoms. The van der Waals surface area contributed by atoms with Gasteiger partial charge in [-0.15, -0.1) is 0 Å². The van der Waals surface area contributed by atoms with Gasteiger partial charge in [0.15, 0.2) is 0 Å². The number of hydrogen-bond acceptors (Lipinski definition) is 0. The molecule has 4 rings (SSSR count). The van der Waals surface area contributed by atoms with Crippen LogP contribution in [0, 0.1) is 5.92 Å². The van der Waals surface area contributed by atoms with E-state index in [1.807, 2.05) is 12.1 Å². The van der Waals surface area contributed by atoms with Crippen LogP contribution >= 0.6 is 11.6 Å². The van der Waals surface area contributed by atoms with Gasteiger partial charge in [0.05, 0.1) is 0 Å². The summed E-state index contributed by atoms with van der Waals surface area (Å²) in [7, 11) is 0. The van der Waals surface area contributed by atoms with Crippen LogP contribution in [0.1, 0.15) is 105 Å². The molecule has 192 valence electrons. The summed E-state index contributed by atoms with van der Waals surface area (Å²) in [5.41, 5.74) is 7.39. The smallest absolute Gasteiger partial charge is 0.0406 e. The molecular formula is C35H45Cl. The first-order valence-electron chi connectivity index (χ1n) is 14.6. The maximum absolute atomic E-state index is 6.00. The standard InChI is InChI=1S/C35H45Cl/c1-2-3-4-5-6-7-28-16-22-33(23-17-28)34-24-18-31(19-25-34)14-12-29-8-10-30(11-9-29)13-15-32-20-26-35(36)27-21-32/h8-11,16-17,20-23,26-27,31,34H,2-7,12-15,18-19,24-25H2,1H3/t31-,34-. The maximum atomic E-state index is 6.00. The molecule has 0 aromatic heterocycles. The van der Waals surface area contributed by atoms with E-state index in [0.717, 1.165) is 29.7 Å². The maximum Gasteiger partial charge on any atom is 0.0406 e. The Morgan fingerprint density at radius 1 is 0.556 bits per heavy atom. The summed E-state index contributed by atoms with van der Waals surface area (Å²) in [6, 6.07) is 27.3. The van der Waals surface area contributed by atoms with E-state index in [-0.39, 0.29) is 0 Å². The Morgan fingerprint density at radius 2 is 1.06 bits per heavy atom. The summed E-state index contributed by atoms with van der Waals surface area (Å²) < 4.78 is 0. The third-order valence-electron chi connectivity index (χ3n) is 8.35. The van der Waals surface area contributed by atoms with Gasteiger partial charge in [-0.05, 0) is 116 Å². The van der Waals surface area contributed by atoms with Gasteiger partial charge in [-0.25, -0.2) is 0 Å². The number of halogens is 1. The molecule has 36 heavy (non-hydrogen) atoms. The minimum atomic E-state index is 0.778. The quantitative estimate of drug-likeness (QED) is 0.205. The Balaban J connectivity index is 1.14. The summed E-state index contributed by atoms with van der Waals surface area (Å²) in [6.45, 7) is 2.29. The van der Waals surface area contributed by atoms with Crippen LogP contribution in [-0.4, -0.2) is 0 Å². The summed E-state index contributed by atoms with van der Waals surface area (Å²) in [5.74, 6) is 1.67. The largest absolute Gasteiger partial charge is 0.0843 e. The van der Waals surface area contributed by atoms with Gasteiger partial charge in [-0.1, -0.05) is 105 Å². The lowest BCUT2D eigenvalue weighted by Gasteiger charge is -2.29. The van der Waals surface area contributed by atoms with Crippen LogP contribution in [0.25, 0.3) is 0 Å². The molecule has 0 heterocycles. The van der Waals surface area contributed by atoms with Crippen LogP contribution in [0.2, 0.25) is 5.02 Å². The SMILES string of the molecule is CCCCCCCc1ccc([C@H]2CC[C@H](CCc3ccc(CCc4ccc(Cl)cc4)cc3)CC2)cc1. The molecule has 0 N–H and O–H groups in total. The highest BCUT2D eigenvalue weighted by atomic mass is 35.5. The Hall–Kier alpha value is -2.05. The highest BCUT2D eigenvalue weighted by molar-refractivity contribution is 6.30. The van der Waals surface area contributed by atoms with Gasteiger partial charge in [-0.3, -0.25) is 0 Å². The number of benzene rings is 3. The second-order valence-electron chi connectivity index (χ2n) is 11.1. The molecule has 1 aliphatic rings. The Morgan fingerprint density at radius 3 is 1.67 bits per heavy atom. The van der Waals surface area contributed by atoms with Crippen LogP contribution in [0.15, 0.2) is 72.8 Å². The molecule has 0 aliphatic heterocycles. The fourth-order valence-corrected chi connectivity index (χ4v) is 5.98. The van der Waals surface area contributed by atoms with Crippen molar-refractivity contribution in [2.75, 3.05) is 0 Å². The average Bonchev–Trinajstić information content (AvgIpc) is 2.93. The Labute approximate surface area is 225 Å².